The van der Waals surface area contributed by atoms with Gasteiger partial charge in [-0.25, -0.2) is 0 Å². The first-order valence-corrected chi connectivity index (χ1v) is 7.32. The summed E-state index contributed by atoms with van der Waals surface area (Å²) in [6, 6.07) is 0.466. The summed E-state index contributed by atoms with van der Waals surface area (Å²) in [4.78, 5) is 13.5. The molecule has 4 heteroatoms. The number of nitrogens with zero attached hydrogens (tertiary/aromatic N) is 3. The average Bonchev–Trinajstić information content (AvgIpc) is 2.86. The summed E-state index contributed by atoms with van der Waals surface area (Å²) in [7, 11) is 0. The van der Waals surface area contributed by atoms with E-state index in [0.29, 0.717) is 18.4 Å². The molecular weight excluding hydrogens is 238 g/mol. The largest absolute Gasteiger partial charge is 0.301 e. The van der Waals surface area contributed by atoms with Gasteiger partial charge in [0.2, 0.25) is 0 Å². The van der Waals surface area contributed by atoms with E-state index < -0.39 is 0 Å². The zero-order valence-electron chi connectivity index (χ0n) is 12.3. The third-order valence-electron chi connectivity index (χ3n) is 3.92. The van der Waals surface area contributed by atoms with Gasteiger partial charge in [-0.05, 0) is 37.8 Å². The van der Waals surface area contributed by atoms with Gasteiger partial charge in [0.1, 0.15) is 5.78 Å². The first-order chi connectivity index (χ1) is 9.06. The summed E-state index contributed by atoms with van der Waals surface area (Å²) >= 11 is 0. The van der Waals surface area contributed by atoms with Gasteiger partial charge >= 0.3 is 0 Å². The second-order valence-corrected chi connectivity index (χ2v) is 5.96. The molecule has 1 aromatic rings. The van der Waals surface area contributed by atoms with Gasteiger partial charge in [-0.3, -0.25) is 9.48 Å². The Morgan fingerprint density at radius 3 is 2.95 bits per heavy atom. The van der Waals surface area contributed by atoms with Crippen molar-refractivity contribution < 1.29 is 4.79 Å². The lowest BCUT2D eigenvalue weighted by atomic mass is 10.0. The number of rotatable bonds is 5. The molecule has 0 N–H and O–H groups in total. The summed E-state index contributed by atoms with van der Waals surface area (Å²) in [5, 5.41) is 4.51. The highest BCUT2D eigenvalue weighted by Crippen LogP contribution is 2.23. The van der Waals surface area contributed by atoms with E-state index in [1.807, 2.05) is 6.20 Å². The molecule has 2 heterocycles. The molecule has 1 fully saturated rings. The molecular formula is C15H25N3O. The van der Waals surface area contributed by atoms with Gasteiger partial charge in [0, 0.05) is 25.7 Å². The van der Waals surface area contributed by atoms with E-state index in [1.54, 1.807) is 6.92 Å². The second-order valence-electron chi connectivity index (χ2n) is 5.96. The van der Waals surface area contributed by atoms with Crippen LogP contribution >= 0.6 is 0 Å². The molecule has 0 radical (unpaired) electrons. The van der Waals surface area contributed by atoms with E-state index in [4.69, 9.17) is 0 Å². The minimum atomic E-state index is 0.281. The molecule has 0 aromatic carbocycles. The molecule has 19 heavy (non-hydrogen) atoms. The van der Waals surface area contributed by atoms with Crippen molar-refractivity contribution in [2.75, 3.05) is 19.6 Å². The lowest BCUT2D eigenvalue weighted by molar-refractivity contribution is -0.117. The number of carbonyl (C=O) groups is 1. The molecule has 4 nitrogen and oxygen atoms in total. The van der Waals surface area contributed by atoms with Gasteiger partial charge in [0.25, 0.3) is 0 Å². The average molecular weight is 263 g/mol. The van der Waals surface area contributed by atoms with Gasteiger partial charge in [0.15, 0.2) is 0 Å². The van der Waals surface area contributed by atoms with E-state index >= 15 is 0 Å². The van der Waals surface area contributed by atoms with E-state index in [1.165, 1.54) is 18.4 Å². The van der Waals surface area contributed by atoms with E-state index in [-0.39, 0.29) is 5.78 Å². The zero-order chi connectivity index (χ0) is 13.8. The minimum absolute atomic E-state index is 0.281. The van der Waals surface area contributed by atoms with Crippen LogP contribution < -0.4 is 0 Å². The normalized spacial score (nSPS) is 20.9. The monoisotopic (exact) mass is 263 g/mol. The van der Waals surface area contributed by atoms with Crippen LogP contribution in [0.3, 0.4) is 0 Å². The third kappa shape index (κ3) is 3.90. The van der Waals surface area contributed by atoms with Crippen molar-refractivity contribution in [1.82, 2.24) is 14.7 Å². The zero-order valence-corrected chi connectivity index (χ0v) is 12.3. The number of hydrogen-bond donors (Lipinski definition) is 0. The number of likely N-dealkylation sites (tertiary alicyclic amines) is 1. The number of piperidine rings is 1. The van der Waals surface area contributed by atoms with Crippen molar-refractivity contribution in [3.8, 4) is 0 Å². The van der Waals surface area contributed by atoms with Crippen LogP contribution in [0.15, 0.2) is 12.4 Å². The van der Waals surface area contributed by atoms with Crippen LogP contribution in [0.4, 0.5) is 0 Å². The molecule has 1 aliphatic heterocycles. The predicted molar refractivity (Wildman–Crippen MR) is 76.3 cm³/mol. The van der Waals surface area contributed by atoms with Crippen molar-refractivity contribution in [2.24, 2.45) is 0 Å². The van der Waals surface area contributed by atoms with Crippen molar-refractivity contribution in [3.63, 3.8) is 0 Å². The number of Topliss-reactive ketones (excluding diaryl/α,β-unsaturated/α-hetero) is 1. The Labute approximate surface area is 115 Å². The molecule has 2 rings (SSSR count). The Bertz CT molecular complexity index is 425. The summed E-state index contributed by atoms with van der Waals surface area (Å²) in [6.45, 7) is 9.09. The Morgan fingerprint density at radius 2 is 2.32 bits per heavy atom. The molecule has 0 bridgehead atoms. The third-order valence-corrected chi connectivity index (χ3v) is 3.92. The summed E-state index contributed by atoms with van der Waals surface area (Å²) in [5.41, 5.74) is 1.31. The van der Waals surface area contributed by atoms with Crippen LogP contribution in [0.25, 0.3) is 0 Å². The number of ketones is 1. The van der Waals surface area contributed by atoms with Gasteiger partial charge in [-0.15, -0.1) is 0 Å². The van der Waals surface area contributed by atoms with Crippen LogP contribution in [0.5, 0.6) is 0 Å². The Balaban J connectivity index is 1.94. The van der Waals surface area contributed by atoms with E-state index in [2.05, 4.69) is 34.7 Å². The molecule has 1 atom stereocenters. The van der Waals surface area contributed by atoms with Gasteiger partial charge in [-0.1, -0.05) is 13.8 Å². The molecule has 0 saturated carbocycles. The Kier molecular flexibility index (Phi) is 4.75. The Hall–Kier alpha value is -1.16. The highest BCUT2D eigenvalue weighted by atomic mass is 16.1. The molecule has 1 saturated heterocycles. The maximum atomic E-state index is 11.1. The fraction of sp³-hybridized carbons (Fsp3) is 0.733. The number of carbonyl (C=O) groups excluding carboxylic acids is 1. The fourth-order valence-electron chi connectivity index (χ4n) is 2.62. The Morgan fingerprint density at radius 1 is 1.53 bits per heavy atom. The topological polar surface area (TPSA) is 38.1 Å². The van der Waals surface area contributed by atoms with E-state index in [0.717, 1.165) is 19.6 Å². The summed E-state index contributed by atoms with van der Waals surface area (Å²) < 4.78 is 2.12. The first kappa shape index (κ1) is 14.3. The van der Waals surface area contributed by atoms with Crippen molar-refractivity contribution in [2.45, 2.75) is 52.0 Å². The smallest absolute Gasteiger partial charge is 0.131 e. The van der Waals surface area contributed by atoms with Gasteiger partial charge in [-0.2, -0.15) is 5.10 Å². The SMILES string of the molecule is CC(=O)CCN1CCCC(n2cc(C(C)C)cn2)C1. The fourth-order valence-corrected chi connectivity index (χ4v) is 2.62. The maximum absolute atomic E-state index is 11.1. The van der Waals surface area contributed by atoms with Crippen LogP contribution in [0.1, 0.15) is 57.6 Å². The lowest BCUT2D eigenvalue weighted by Gasteiger charge is -2.32. The number of hydrogen-bond acceptors (Lipinski definition) is 3. The molecule has 1 aliphatic rings. The molecule has 0 spiro atoms. The van der Waals surface area contributed by atoms with Crippen molar-refractivity contribution in [3.05, 3.63) is 18.0 Å². The first-order valence-electron chi connectivity index (χ1n) is 7.32. The lowest BCUT2D eigenvalue weighted by Crippen LogP contribution is -2.37. The quantitative estimate of drug-likeness (QED) is 0.819. The van der Waals surface area contributed by atoms with E-state index in [9.17, 15) is 4.79 Å². The highest BCUT2D eigenvalue weighted by Gasteiger charge is 2.22. The van der Waals surface area contributed by atoms with Crippen LogP contribution in [0.2, 0.25) is 0 Å². The van der Waals surface area contributed by atoms with Gasteiger partial charge < -0.3 is 4.90 Å². The predicted octanol–water partition coefficient (Wildman–Crippen LogP) is 2.62. The highest BCUT2D eigenvalue weighted by molar-refractivity contribution is 5.75. The second kappa shape index (κ2) is 6.33. The molecule has 106 valence electrons. The molecule has 1 unspecified atom stereocenters. The minimum Gasteiger partial charge on any atom is -0.301 e. The molecule has 1 aromatic heterocycles. The maximum Gasteiger partial charge on any atom is 0.131 e. The summed E-state index contributed by atoms with van der Waals surface area (Å²) in [6.07, 6.45) is 7.22. The standard InChI is InChI=1S/C15H25N3O/c1-12(2)14-9-16-18(10-14)15-5-4-7-17(11-15)8-6-13(3)19/h9-10,12,15H,4-8,11H2,1-3H3. The van der Waals surface area contributed by atoms with Crippen molar-refractivity contribution >= 4 is 5.78 Å². The van der Waals surface area contributed by atoms with Crippen LogP contribution in [-0.2, 0) is 4.79 Å². The summed E-state index contributed by atoms with van der Waals surface area (Å²) in [5.74, 6) is 0.814. The number of aromatic nitrogens is 2. The molecule has 0 amide bonds. The molecule has 0 aliphatic carbocycles. The van der Waals surface area contributed by atoms with Crippen LogP contribution in [-0.4, -0.2) is 40.1 Å². The van der Waals surface area contributed by atoms with Crippen molar-refractivity contribution in [1.29, 1.82) is 0 Å². The van der Waals surface area contributed by atoms with Gasteiger partial charge in [0.05, 0.1) is 12.2 Å². The van der Waals surface area contributed by atoms with Crippen LogP contribution in [0, 0.1) is 0 Å².